The van der Waals surface area contributed by atoms with E-state index in [0.29, 0.717) is 5.69 Å². The van der Waals surface area contributed by atoms with Crippen molar-refractivity contribution in [3.8, 4) is 5.88 Å². The number of nitrogens with one attached hydrogen (secondary N) is 1. The van der Waals surface area contributed by atoms with E-state index < -0.39 is 17.6 Å². The molecule has 7 nitrogen and oxygen atoms in total. The normalized spacial score (nSPS) is 11.7. The number of nitrogens with zero attached hydrogens (tertiary/aromatic N) is 4. The van der Waals surface area contributed by atoms with Crippen LogP contribution in [0.15, 0.2) is 48.9 Å². The average Bonchev–Trinajstić information content (AvgIpc) is 3.12. The van der Waals surface area contributed by atoms with Crippen LogP contribution >= 0.6 is 0 Å². The fourth-order valence-corrected chi connectivity index (χ4v) is 2.79. The Hall–Kier alpha value is -3.69. The van der Waals surface area contributed by atoms with Crippen LogP contribution in [-0.4, -0.2) is 32.4 Å². The van der Waals surface area contributed by atoms with Gasteiger partial charge in [0.05, 0.1) is 12.7 Å². The molecule has 142 valence electrons. The van der Waals surface area contributed by atoms with Crippen molar-refractivity contribution in [2.45, 2.75) is 6.18 Å². The Morgan fingerprint density at radius 2 is 1.89 bits per heavy atom. The zero-order chi connectivity index (χ0) is 19.9. The van der Waals surface area contributed by atoms with Crippen LogP contribution in [-0.2, 0) is 6.18 Å². The van der Waals surface area contributed by atoms with Crippen LogP contribution in [0.5, 0.6) is 5.88 Å². The summed E-state index contributed by atoms with van der Waals surface area (Å²) in [5, 5.41) is 2.52. The van der Waals surface area contributed by atoms with E-state index in [9.17, 15) is 18.0 Å². The van der Waals surface area contributed by atoms with Crippen molar-refractivity contribution in [1.82, 2.24) is 19.4 Å². The summed E-state index contributed by atoms with van der Waals surface area (Å²) in [6, 6.07) is 6.71. The number of rotatable bonds is 3. The van der Waals surface area contributed by atoms with Crippen molar-refractivity contribution < 1.29 is 22.7 Å². The fraction of sp³-hybridized carbons (Fsp3) is 0.111. The number of hydrogen-bond donors (Lipinski definition) is 1. The number of ether oxygens (including phenoxy) is 1. The molecule has 0 bridgehead atoms. The predicted octanol–water partition coefficient (Wildman–Crippen LogP) is 3.56. The number of halogens is 3. The summed E-state index contributed by atoms with van der Waals surface area (Å²) in [4.78, 5) is 24.6. The highest BCUT2D eigenvalue weighted by atomic mass is 19.4. The number of carbonyl (C=O) groups excluding carboxylic acids is 1. The van der Waals surface area contributed by atoms with Gasteiger partial charge in [-0.2, -0.15) is 18.2 Å². The molecule has 0 saturated carbocycles. The van der Waals surface area contributed by atoms with Crippen LogP contribution in [0.1, 0.15) is 16.1 Å². The number of anilines is 1. The van der Waals surface area contributed by atoms with E-state index in [4.69, 9.17) is 4.74 Å². The third-order valence-electron chi connectivity index (χ3n) is 4.06. The lowest BCUT2D eigenvalue weighted by atomic mass is 10.1. The summed E-state index contributed by atoms with van der Waals surface area (Å²) >= 11 is 0. The van der Waals surface area contributed by atoms with Gasteiger partial charge in [0.25, 0.3) is 5.91 Å². The first-order valence-corrected chi connectivity index (χ1v) is 8.02. The van der Waals surface area contributed by atoms with E-state index in [1.807, 2.05) is 0 Å². The molecule has 0 aliphatic heterocycles. The molecule has 4 rings (SSSR count). The third-order valence-corrected chi connectivity index (χ3v) is 4.06. The van der Waals surface area contributed by atoms with Gasteiger partial charge in [-0.3, -0.25) is 14.2 Å². The number of aromatic nitrogens is 4. The van der Waals surface area contributed by atoms with Crippen molar-refractivity contribution in [3.05, 3.63) is 60.2 Å². The first kappa shape index (κ1) is 17.7. The topological polar surface area (TPSA) is 81.4 Å². The molecule has 4 aromatic heterocycles. The number of methoxy groups -OCH3 is 1. The summed E-state index contributed by atoms with van der Waals surface area (Å²) in [5.41, 5.74) is -0.0721. The van der Waals surface area contributed by atoms with Crippen molar-refractivity contribution in [1.29, 1.82) is 0 Å². The molecule has 10 heteroatoms. The van der Waals surface area contributed by atoms with Crippen LogP contribution in [0, 0.1) is 0 Å². The van der Waals surface area contributed by atoms with E-state index >= 15 is 0 Å². The molecule has 0 saturated heterocycles. The lowest BCUT2D eigenvalue weighted by Crippen LogP contribution is -2.12. The van der Waals surface area contributed by atoms with Gasteiger partial charge in [-0.25, -0.2) is 4.98 Å². The third kappa shape index (κ3) is 3.08. The van der Waals surface area contributed by atoms with Crippen molar-refractivity contribution in [2.75, 3.05) is 12.4 Å². The number of alkyl halides is 3. The number of fused-ring (bicyclic) bond motifs is 3. The Morgan fingerprint density at radius 1 is 1.14 bits per heavy atom. The van der Waals surface area contributed by atoms with Crippen LogP contribution in [0.3, 0.4) is 0 Å². The second kappa shape index (κ2) is 6.48. The van der Waals surface area contributed by atoms with Gasteiger partial charge in [-0.15, -0.1) is 0 Å². The maximum absolute atomic E-state index is 13.4. The maximum atomic E-state index is 13.4. The van der Waals surface area contributed by atoms with Gasteiger partial charge in [-0.1, -0.05) is 0 Å². The second-order valence-corrected chi connectivity index (χ2v) is 5.82. The molecule has 0 unspecified atom stereocenters. The number of imidazole rings is 1. The highest BCUT2D eigenvalue weighted by Gasteiger charge is 2.34. The number of hydrogen-bond acceptors (Lipinski definition) is 5. The SMILES string of the molecule is COc1cc(C(F)(F)F)c2ccc3nc(C(=O)Nc4ccncc4)cn3c2n1. The molecule has 4 aromatic rings. The molecule has 28 heavy (non-hydrogen) atoms. The van der Waals surface area contributed by atoms with Crippen molar-refractivity contribution >= 4 is 28.3 Å². The summed E-state index contributed by atoms with van der Waals surface area (Å²) < 4.78 is 46.5. The van der Waals surface area contributed by atoms with Crippen LogP contribution < -0.4 is 10.1 Å². The lowest BCUT2D eigenvalue weighted by Gasteiger charge is -2.12. The highest BCUT2D eigenvalue weighted by molar-refractivity contribution is 6.03. The van der Waals surface area contributed by atoms with Gasteiger partial charge in [0.1, 0.15) is 17.0 Å². The zero-order valence-electron chi connectivity index (χ0n) is 14.4. The molecular weight excluding hydrogens is 375 g/mol. The second-order valence-electron chi connectivity index (χ2n) is 5.82. The summed E-state index contributed by atoms with van der Waals surface area (Å²) in [7, 11) is 1.23. The van der Waals surface area contributed by atoms with Gasteiger partial charge in [0.15, 0.2) is 0 Å². The first-order valence-electron chi connectivity index (χ1n) is 8.02. The van der Waals surface area contributed by atoms with Gasteiger partial charge in [0, 0.05) is 35.7 Å². The Kier molecular flexibility index (Phi) is 4.10. The molecule has 4 heterocycles. The highest BCUT2D eigenvalue weighted by Crippen LogP contribution is 2.36. The first-order chi connectivity index (χ1) is 13.4. The molecule has 1 N–H and O–H groups in total. The molecule has 0 spiro atoms. The lowest BCUT2D eigenvalue weighted by molar-refractivity contribution is -0.136. The van der Waals surface area contributed by atoms with Crippen LogP contribution in [0.2, 0.25) is 0 Å². The predicted molar refractivity (Wildman–Crippen MR) is 94.2 cm³/mol. The molecule has 0 aliphatic rings. The fourth-order valence-electron chi connectivity index (χ4n) is 2.79. The molecule has 0 aromatic carbocycles. The Bertz CT molecular complexity index is 1190. The summed E-state index contributed by atoms with van der Waals surface area (Å²) in [6.07, 6.45) is -0.228. The molecule has 0 fully saturated rings. The Labute approximate surface area is 155 Å². The van der Waals surface area contributed by atoms with E-state index in [1.165, 1.54) is 42.2 Å². The van der Waals surface area contributed by atoms with Gasteiger partial charge < -0.3 is 10.1 Å². The molecule has 1 amide bonds. The quantitative estimate of drug-likeness (QED) is 0.581. The summed E-state index contributed by atoms with van der Waals surface area (Å²) in [5.74, 6) is -0.703. The maximum Gasteiger partial charge on any atom is 0.417 e. The zero-order valence-corrected chi connectivity index (χ0v) is 14.4. The minimum absolute atomic E-state index is 0.0142. The smallest absolute Gasteiger partial charge is 0.417 e. The number of amides is 1. The van der Waals surface area contributed by atoms with Crippen LogP contribution in [0.25, 0.3) is 16.7 Å². The monoisotopic (exact) mass is 387 g/mol. The Morgan fingerprint density at radius 3 is 2.57 bits per heavy atom. The Balaban J connectivity index is 1.85. The van der Waals surface area contributed by atoms with Crippen LogP contribution in [0.4, 0.5) is 18.9 Å². The van der Waals surface area contributed by atoms with E-state index in [-0.39, 0.29) is 28.3 Å². The minimum Gasteiger partial charge on any atom is -0.481 e. The van der Waals surface area contributed by atoms with Gasteiger partial charge in [0.2, 0.25) is 5.88 Å². The molecule has 0 radical (unpaired) electrons. The largest absolute Gasteiger partial charge is 0.481 e. The van der Waals surface area contributed by atoms with E-state index in [2.05, 4.69) is 20.3 Å². The van der Waals surface area contributed by atoms with E-state index in [1.54, 1.807) is 12.1 Å². The number of carbonyl (C=O) groups is 1. The van der Waals surface area contributed by atoms with E-state index in [0.717, 1.165) is 6.07 Å². The average molecular weight is 387 g/mol. The number of pyridine rings is 3. The summed E-state index contributed by atoms with van der Waals surface area (Å²) in [6.45, 7) is 0. The molecule has 0 aliphatic carbocycles. The molecule has 0 atom stereocenters. The van der Waals surface area contributed by atoms with Gasteiger partial charge >= 0.3 is 6.18 Å². The van der Waals surface area contributed by atoms with Crippen molar-refractivity contribution in [3.63, 3.8) is 0 Å². The molecular formula is C18H12F3N5O2. The van der Waals surface area contributed by atoms with Crippen molar-refractivity contribution in [2.24, 2.45) is 0 Å². The van der Waals surface area contributed by atoms with Gasteiger partial charge in [-0.05, 0) is 24.3 Å². The minimum atomic E-state index is -4.59. The standard InChI is InChI=1S/C18H12F3N5O2/c1-28-15-8-12(18(19,20)21)11-2-3-14-24-13(9-26(14)16(11)25-15)17(27)23-10-4-6-22-7-5-10/h2-9H,1H3,(H,22,23,27).